The molecule has 1 aliphatic rings. The summed E-state index contributed by atoms with van der Waals surface area (Å²) in [5.41, 5.74) is 1.12. The normalized spacial score (nSPS) is 16.0. The van der Waals surface area contributed by atoms with Crippen LogP contribution < -0.4 is 0 Å². The molecule has 1 N–H and O–H groups in total. The lowest BCUT2D eigenvalue weighted by Gasteiger charge is -2.11. The summed E-state index contributed by atoms with van der Waals surface area (Å²) in [5.74, 6) is 0.878. The summed E-state index contributed by atoms with van der Waals surface area (Å²) in [6.45, 7) is 0. The maximum Gasteiger partial charge on any atom is 0.303 e. The molecule has 0 unspecified atom stereocenters. The van der Waals surface area contributed by atoms with Crippen molar-refractivity contribution in [2.75, 3.05) is 5.75 Å². The number of carboxylic acid groups (broad SMARTS) is 1. The van der Waals surface area contributed by atoms with Gasteiger partial charge in [0.05, 0.1) is 11.3 Å². The van der Waals surface area contributed by atoms with Crippen LogP contribution in [0.2, 0.25) is 0 Å². The third-order valence-corrected chi connectivity index (χ3v) is 4.66. The minimum absolute atomic E-state index is 0.00270. The van der Waals surface area contributed by atoms with Gasteiger partial charge in [-0.25, -0.2) is 0 Å². The lowest BCUT2D eigenvalue weighted by atomic mass is 10.1. The van der Waals surface area contributed by atoms with E-state index < -0.39 is 10.9 Å². The second-order valence-electron chi connectivity index (χ2n) is 4.99. The summed E-state index contributed by atoms with van der Waals surface area (Å²) < 4.78 is 0. The molecule has 0 atom stereocenters. The lowest BCUT2D eigenvalue weighted by molar-refractivity contribution is -0.384. The van der Waals surface area contributed by atoms with Crippen LogP contribution in [0.3, 0.4) is 0 Å². The molecule has 1 saturated carbocycles. The molecule has 0 spiro atoms. The number of carboxylic acids is 1. The summed E-state index contributed by atoms with van der Waals surface area (Å²) >= 11 is 1.70. The molecule has 0 heterocycles. The van der Waals surface area contributed by atoms with Crippen LogP contribution in [0.5, 0.6) is 0 Å². The van der Waals surface area contributed by atoms with Crippen molar-refractivity contribution in [2.24, 2.45) is 5.41 Å². The van der Waals surface area contributed by atoms with Crippen molar-refractivity contribution in [3.63, 3.8) is 0 Å². The van der Waals surface area contributed by atoms with Gasteiger partial charge in [-0.1, -0.05) is 12.1 Å². The van der Waals surface area contributed by atoms with Gasteiger partial charge in [-0.2, -0.15) is 11.8 Å². The minimum atomic E-state index is -0.728. The molecule has 1 aliphatic carbocycles. The lowest BCUT2D eigenvalue weighted by Crippen LogP contribution is -2.11. The number of non-ortho nitro benzene ring substituents is 1. The highest BCUT2D eigenvalue weighted by molar-refractivity contribution is 7.98. The molecule has 0 bridgehead atoms. The maximum absolute atomic E-state index is 10.7. The Labute approximate surface area is 115 Å². The van der Waals surface area contributed by atoms with Crippen LogP contribution in [-0.4, -0.2) is 21.8 Å². The maximum atomic E-state index is 10.7. The first-order chi connectivity index (χ1) is 9.01. The zero-order valence-corrected chi connectivity index (χ0v) is 11.2. The molecule has 6 heteroatoms. The Morgan fingerprint density at radius 2 is 2.00 bits per heavy atom. The number of rotatable bonds is 7. The van der Waals surface area contributed by atoms with Gasteiger partial charge in [0, 0.05) is 17.9 Å². The van der Waals surface area contributed by atoms with Gasteiger partial charge in [0.1, 0.15) is 0 Å². The highest BCUT2D eigenvalue weighted by atomic mass is 32.2. The quantitative estimate of drug-likeness (QED) is 0.613. The smallest absolute Gasteiger partial charge is 0.303 e. The molecule has 102 valence electrons. The van der Waals surface area contributed by atoms with Crippen molar-refractivity contribution in [2.45, 2.75) is 25.0 Å². The van der Waals surface area contributed by atoms with Crippen LogP contribution >= 0.6 is 11.8 Å². The molecule has 1 aromatic carbocycles. The fourth-order valence-corrected chi connectivity index (χ4v) is 3.32. The van der Waals surface area contributed by atoms with E-state index in [2.05, 4.69) is 0 Å². The van der Waals surface area contributed by atoms with Gasteiger partial charge in [-0.05, 0) is 29.6 Å². The SMILES string of the molecule is O=C(O)CC1(CSCc2ccc([N+](=O)[O-])cc2)CC1. The zero-order chi connectivity index (χ0) is 13.9. The van der Waals surface area contributed by atoms with Crippen LogP contribution in [-0.2, 0) is 10.5 Å². The fourth-order valence-electron chi connectivity index (χ4n) is 1.97. The number of benzene rings is 1. The average Bonchev–Trinajstić information content (AvgIpc) is 3.08. The number of thioether (sulfide) groups is 1. The Morgan fingerprint density at radius 1 is 1.37 bits per heavy atom. The molecule has 1 aromatic rings. The molecule has 0 aromatic heterocycles. The van der Waals surface area contributed by atoms with Gasteiger partial charge in [-0.3, -0.25) is 14.9 Å². The summed E-state index contributed by atoms with van der Waals surface area (Å²) in [6.07, 6.45) is 2.24. The van der Waals surface area contributed by atoms with Gasteiger partial charge >= 0.3 is 5.97 Å². The first kappa shape index (κ1) is 13.9. The largest absolute Gasteiger partial charge is 0.481 e. The Morgan fingerprint density at radius 3 is 2.47 bits per heavy atom. The standard InChI is InChI=1S/C13H15NO4S/c15-12(16)7-13(5-6-13)9-19-8-10-1-3-11(4-2-10)14(17)18/h1-4H,5-9H2,(H,15,16). The van der Waals surface area contributed by atoms with Gasteiger partial charge in [-0.15, -0.1) is 0 Å². The van der Waals surface area contributed by atoms with Crippen molar-refractivity contribution in [3.8, 4) is 0 Å². The number of hydrogen-bond acceptors (Lipinski definition) is 4. The van der Waals surface area contributed by atoms with Gasteiger partial charge in [0.2, 0.25) is 0 Å². The van der Waals surface area contributed by atoms with E-state index in [1.54, 1.807) is 23.9 Å². The van der Waals surface area contributed by atoms with E-state index in [-0.39, 0.29) is 17.5 Å². The summed E-state index contributed by atoms with van der Waals surface area (Å²) in [6, 6.07) is 6.50. The molecule has 0 radical (unpaired) electrons. The zero-order valence-electron chi connectivity index (χ0n) is 10.4. The molecule has 0 saturated heterocycles. The Bertz CT molecular complexity index is 482. The molecular weight excluding hydrogens is 266 g/mol. The molecule has 2 rings (SSSR count). The Kier molecular flexibility index (Phi) is 4.09. The van der Waals surface area contributed by atoms with Crippen molar-refractivity contribution in [1.29, 1.82) is 0 Å². The Hall–Kier alpha value is -1.56. The first-order valence-corrected chi connectivity index (χ1v) is 7.19. The van der Waals surface area contributed by atoms with Crippen molar-refractivity contribution in [1.82, 2.24) is 0 Å². The molecule has 1 fully saturated rings. The van der Waals surface area contributed by atoms with E-state index >= 15 is 0 Å². The van der Waals surface area contributed by atoms with Crippen LogP contribution in [0.25, 0.3) is 0 Å². The highest BCUT2D eigenvalue weighted by Crippen LogP contribution is 2.51. The number of carbonyl (C=O) groups is 1. The summed E-state index contributed by atoms with van der Waals surface area (Å²) in [5, 5.41) is 19.3. The highest BCUT2D eigenvalue weighted by Gasteiger charge is 2.43. The van der Waals surface area contributed by atoms with Crippen LogP contribution in [0, 0.1) is 15.5 Å². The van der Waals surface area contributed by atoms with Gasteiger partial charge < -0.3 is 5.11 Å². The monoisotopic (exact) mass is 281 g/mol. The number of aliphatic carboxylic acids is 1. The second kappa shape index (κ2) is 5.61. The predicted molar refractivity (Wildman–Crippen MR) is 73.2 cm³/mol. The molecule has 19 heavy (non-hydrogen) atoms. The molecule has 0 aliphatic heterocycles. The molecular formula is C13H15NO4S. The average molecular weight is 281 g/mol. The van der Waals surface area contributed by atoms with Gasteiger partial charge in [0.25, 0.3) is 5.69 Å². The van der Waals surface area contributed by atoms with Crippen LogP contribution in [0.1, 0.15) is 24.8 Å². The van der Waals surface area contributed by atoms with Crippen LogP contribution in [0.4, 0.5) is 5.69 Å². The molecule has 0 amide bonds. The van der Waals surface area contributed by atoms with Crippen molar-refractivity contribution >= 4 is 23.4 Å². The first-order valence-electron chi connectivity index (χ1n) is 6.04. The van der Waals surface area contributed by atoms with E-state index in [0.29, 0.717) is 0 Å². The number of nitro benzene ring substituents is 1. The van der Waals surface area contributed by atoms with Crippen molar-refractivity contribution < 1.29 is 14.8 Å². The van der Waals surface area contributed by atoms with E-state index in [9.17, 15) is 14.9 Å². The minimum Gasteiger partial charge on any atom is -0.481 e. The Balaban J connectivity index is 1.80. The van der Waals surface area contributed by atoms with Crippen molar-refractivity contribution in [3.05, 3.63) is 39.9 Å². The number of hydrogen-bond donors (Lipinski definition) is 1. The molecule has 5 nitrogen and oxygen atoms in total. The predicted octanol–water partition coefficient (Wildman–Crippen LogP) is 3.08. The topological polar surface area (TPSA) is 80.4 Å². The summed E-state index contributed by atoms with van der Waals surface area (Å²) in [7, 11) is 0. The second-order valence-corrected chi connectivity index (χ2v) is 5.97. The van der Waals surface area contributed by atoms with Gasteiger partial charge in [0.15, 0.2) is 0 Å². The van der Waals surface area contributed by atoms with Crippen LogP contribution in [0.15, 0.2) is 24.3 Å². The van der Waals surface area contributed by atoms with E-state index in [0.717, 1.165) is 29.9 Å². The third-order valence-electron chi connectivity index (χ3n) is 3.31. The summed E-state index contributed by atoms with van der Waals surface area (Å²) in [4.78, 5) is 20.8. The third kappa shape index (κ3) is 3.96. The number of nitrogens with zero attached hydrogens (tertiary/aromatic N) is 1. The van der Waals surface area contributed by atoms with E-state index in [4.69, 9.17) is 5.11 Å². The van der Waals surface area contributed by atoms with E-state index in [1.165, 1.54) is 12.1 Å². The fraction of sp³-hybridized carbons (Fsp3) is 0.462. The number of nitro groups is 1. The van der Waals surface area contributed by atoms with E-state index in [1.807, 2.05) is 0 Å².